The molecule has 5 heteroatoms. The van der Waals surface area contributed by atoms with Crippen LogP contribution in [0.5, 0.6) is 0 Å². The number of hydrogen-bond acceptors (Lipinski definition) is 2. The molecule has 2 aromatic carbocycles. The van der Waals surface area contributed by atoms with Crippen molar-refractivity contribution < 1.29 is 4.79 Å². The van der Waals surface area contributed by atoms with Crippen molar-refractivity contribution in [3.05, 3.63) is 65.2 Å². The number of hydrogen-bond donors (Lipinski definition) is 2. The molecule has 1 aliphatic rings. The van der Waals surface area contributed by atoms with E-state index in [9.17, 15) is 4.79 Å². The molecule has 136 valence electrons. The minimum Gasteiger partial charge on any atom is -0.352 e. The van der Waals surface area contributed by atoms with Gasteiger partial charge in [-0.05, 0) is 42.5 Å². The highest BCUT2D eigenvalue weighted by Gasteiger charge is 2.21. The predicted molar refractivity (Wildman–Crippen MR) is 106 cm³/mol. The van der Waals surface area contributed by atoms with Crippen molar-refractivity contribution in [3.8, 4) is 0 Å². The Kier molecular flexibility index (Phi) is 5.89. The van der Waals surface area contributed by atoms with Crippen LogP contribution in [-0.4, -0.2) is 32.0 Å². The van der Waals surface area contributed by atoms with Crippen molar-refractivity contribution in [3.63, 3.8) is 0 Å². The average molecular weight is 350 g/mol. The van der Waals surface area contributed by atoms with E-state index in [1.807, 2.05) is 35.2 Å². The van der Waals surface area contributed by atoms with Gasteiger partial charge < -0.3 is 15.5 Å². The smallest absolute Gasteiger partial charge is 0.246 e. The van der Waals surface area contributed by atoms with E-state index in [0.29, 0.717) is 12.5 Å². The second-order valence-corrected chi connectivity index (χ2v) is 6.48. The summed E-state index contributed by atoms with van der Waals surface area (Å²) in [7, 11) is 1.72. The molecule has 1 amide bonds. The summed E-state index contributed by atoms with van der Waals surface area (Å²) in [5.41, 5.74) is 4.73. The first-order valence-corrected chi connectivity index (χ1v) is 9.06. The number of benzene rings is 2. The molecule has 0 aromatic heterocycles. The second-order valence-electron chi connectivity index (χ2n) is 6.48. The summed E-state index contributed by atoms with van der Waals surface area (Å²) >= 11 is 0. The molecular formula is C21H26N4O. The van der Waals surface area contributed by atoms with Crippen molar-refractivity contribution in [1.82, 2.24) is 10.6 Å². The summed E-state index contributed by atoms with van der Waals surface area (Å²) in [5.74, 6) is 0.697. The number of fused-ring (bicyclic) bond motifs is 1. The maximum Gasteiger partial charge on any atom is 0.246 e. The Morgan fingerprint density at radius 1 is 1.12 bits per heavy atom. The molecule has 0 saturated heterocycles. The van der Waals surface area contributed by atoms with Crippen LogP contribution in [0, 0.1) is 6.92 Å². The fourth-order valence-electron chi connectivity index (χ4n) is 3.26. The van der Waals surface area contributed by atoms with Gasteiger partial charge in [0.15, 0.2) is 5.96 Å². The van der Waals surface area contributed by atoms with Crippen LogP contribution in [0.25, 0.3) is 0 Å². The Morgan fingerprint density at radius 3 is 2.69 bits per heavy atom. The van der Waals surface area contributed by atoms with E-state index in [1.165, 1.54) is 16.7 Å². The Labute approximate surface area is 155 Å². The fraction of sp³-hybridized carbons (Fsp3) is 0.333. The highest BCUT2D eigenvalue weighted by atomic mass is 16.2. The Balaban J connectivity index is 1.56. The van der Waals surface area contributed by atoms with Gasteiger partial charge in [0.25, 0.3) is 0 Å². The van der Waals surface area contributed by atoms with Crippen LogP contribution in [0.15, 0.2) is 53.5 Å². The molecule has 1 aliphatic heterocycles. The number of carbonyl (C=O) groups is 1. The van der Waals surface area contributed by atoms with Crippen molar-refractivity contribution in [2.75, 3.05) is 25.0 Å². The number of aliphatic imine (C=N–C) groups is 1. The van der Waals surface area contributed by atoms with Gasteiger partial charge in [-0.25, -0.2) is 0 Å². The highest BCUT2D eigenvalue weighted by molar-refractivity contribution is 5.98. The lowest BCUT2D eigenvalue weighted by Crippen LogP contribution is -2.45. The Hall–Kier alpha value is -2.82. The standard InChI is InChI=1S/C21H26N4O/c1-16-8-3-4-10-18(16)14-23-21(22-2)24-15-20(26)25-13-7-11-17-9-5-6-12-19(17)25/h3-6,8-10,12H,7,11,13-15H2,1-2H3,(H2,22,23,24). The number of guanidine groups is 1. The molecule has 26 heavy (non-hydrogen) atoms. The number of nitrogens with one attached hydrogen (secondary N) is 2. The lowest BCUT2D eigenvalue weighted by molar-refractivity contribution is -0.117. The van der Waals surface area contributed by atoms with Gasteiger partial charge in [-0.3, -0.25) is 9.79 Å². The molecule has 0 unspecified atom stereocenters. The van der Waals surface area contributed by atoms with Crippen LogP contribution >= 0.6 is 0 Å². The van der Waals surface area contributed by atoms with E-state index in [1.54, 1.807) is 7.05 Å². The first kappa shape index (κ1) is 18.0. The van der Waals surface area contributed by atoms with Crippen molar-refractivity contribution >= 4 is 17.6 Å². The predicted octanol–water partition coefficient (Wildman–Crippen LogP) is 2.64. The first-order chi connectivity index (χ1) is 12.7. The van der Waals surface area contributed by atoms with E-state index < -0.39 is 0 Å². The van der Waals surface area contributed by atoms with Gasteiger partial charge in [0, 0.05) is 25.8 Å². The van der Waals surface area contributed by atoms with E-state index in [0.717, 1.165) is 25.1 Å². The molecule has 0 bridgehead atoms. The van der Waals surface area contributed by atoms with Crippen molar-refractivity contribution in [1.29, 1.82) is 0 Å². The average Bonchev–Trinajstić information content (AvgIpc) is 2.68. The maximum absolute atomic E-state index is 12.7. The van der Waals surface area contributed by atoms with Crippen LogP contribution in [-0.2, 0) is 17.8 Å². The van der Waals surface area contributed by atoms with Crippen LogP contribution in [0.2, 0.25) is 0 Å². The molecule has 0 spiro atoms. The number of aryl methyl sites for hydroxylation is 2. The van der Waals surface area contributed by atoms with Crippen LogP contribution in [0.4, 0.5) is 5.69 Å². The monoisotopic (exact) mass is 350 g/mol. The molecule has 0 fully saturated rings. The van der Waals surface area contributed by atoms with Crippen LogP contribution < -0.4 is 15.5 Å². The topological polar surface area (TPSA) is 56.7 Å². The summed E-state index contributed by atoms with van der Waals surface area (Å²) in [6, 6.07) is 16.4. The largest absolute Gasteiger partial charge is 0.352 e. The molecule has 2 aromatic rings. The first-order valence-electron chi connectivity index (χ1n) is 9.06. The third kappa shape index (κ3) is 4.23. The molecule has 0 radical (unpaired) electrons. The van der Waals surface area contributed by atoms with E-state index in [4.69, 9.17) is 0 Å². The second kappa shape index (κ2) is 8.52. The van der Waals surface area contributed by atoms with Crippen molar-refractivity contribution in [2.24, 2.45) is 4.99 Å². The molecule has 0 atom stereocenters. The fourth-order valence-corrected chi connectivity index (χ4v) is 3.26. The van der Waals surface area contributed by atoms with Gasteiger partial charge >= 0.3 is 0 Å². The number of nitrogens with zero attached hydrogens (tertiary/aromatic N) is 2. The zero-order valence-corrected chi connectivity index (χ0v) is 15.5. The molecular weight excluding hydrogens is 324 g/mol. The zero-order chi connectivity index (χ0) is 18.4. The van der Waals surface area contributed by atoms with E-state index in [2.05, 4.69) is 40.7 Å². The third-order valence-electron chi connectivity index (χ3n) is 4.75. The SMILES string of the molecule is CN=C(NCC(=O)N1CCCc2ccccc21)NCc1ccccc1C. The number of para-hydroxylation sites is 1. The Morgan fingerprint density at radius 2 is 1.88 bits per heavy atom. The van der Waals surface area contributed by atoms with Crippen molar-refractivity contribution in [2.45, 2.75) is 26.3 Å². The zero-order valence-electron chi connectivity index (χ0n) is 15.5. The number of rotatable bonds is 4. The van der Waals surface area contributed by atoms with Gasteiger partial charge in [-0.2, -0.15) is 0 Å². The molecule has 2 N–H and O–H groups in total. The third-order valence-corrected chi connectivity index (χ3v) is 4.75. The minimum absolute atomic E-state index is 0.0657. The lowest BCUT2D eigenvalue weighted by atomic mass is 10.0. The molecule has 5 nitrogen and oxygen atoms in total. The normalized spacial score (nSPS) is 13.9. The summed E-state index contributed by atoms with van der Waals surface area (Å²) < 4.78 is 0. The Bertz CT molecular complexity index is 800. The summed E-state index contributed by atoms with van der Waals surface area (Å²) in [6.45, 7) is 3.76. The highest BCUT2D eigenvalue weighted by Crippen LogP contribution is 2.26. The quantitative estimate of drug-likeness (QED) is 0.658. The van der Waals surface area contributed by atoms with Gasteiger partial charge in [0.2, 0.25) is 5.91 Å². The lowest BCUT2D eigenvalue weighted by Gasteiger charge is -2.29. The van der Waals surface area contributed by atoms with E-state index in [-0.39, 0.29) is 12.5 Å². The summed E-state index contributed by atoms with van der Waals surface area (Å²) in [4.78, 5) is 18.8. The molecule has 0 aliphatic carbocycles. The molecule has 3 rings (SSSR count). The van der Waals surface area contributed by atoms with E-state index >= 15 is 0 Å². The molecule has 1 heterocycles. The van der Waals surface area contributed by atoms with Gasteiger partial charge in [0.05, 0.1) is 6.54 Å². The van der Waals surface area contributed by atoms with Gasteiger partial charge in [-0.15, -0.1) is 0 Å². The minimum atomic E-state index is 0.0657. The summed E-state index contributed by atoms with van der Waals surface area (Å²) in [6.07, 6.45) is 2.04. The van der Waals surface area contributed by atoms with Gasteiger partial charge in [-0.1, -0.05) is 42.5 Å². The molecule has 0 saturated carbocycles. The number of amides is 1. The van der Waals surface area contributed by atoms with Crippen LogP contribution in [0.1, 0.15) is 23.1 Å². The number of carbonyl (C=O) groups excluding carboxylic acids is 1. The maximum atomic E-state index is 12.7. The van der Waals surface area contributed by atoms with Crippen LogP contribution in [0.3, 0.4) is 0 Å². The van der Waals surface area contributed by atoms with Gasteiger partial charge in [0.1, 0.15) is 0 Å². The number of anilines is 1. The summed E-state index contributed by atoms with van der Waals surface area (Å²) in [5, 5.41) is 6.41.